The zero-order chi connectivity index (χ0) is 20.8. The van der Waals surface area contributed by atoms with Crippen LogP contribution in [0.3, 0.4) is 0 Å². The fourth-order valence-corrected chi connectivity index (χ4v) is 4.36. The van der Waals surface area contributed by atoms with Crippen molar-refractivity contribution in [2.24, 2.45) is 5.41 Å². The van der Waals surface area contributed by atoms with Gasteiger partial charge in [-0.2, -0.15) is 0 Å². The zero-order valence-corrected chi connectivity index (χ0v) is 17.7. The maximum Gasteiger partial charge on any atom is 0.290 e. The average molecular weight is 399 g/mol. The first-order valence-electron chi connectivity index (χ1n) is 10.2. The van der Waals surface area contributed by atoms with Crippen molar-refractivity contribution in [3.05, 3.63) is 35.0 Å². The Hall–Kier alpha value is -2.48. The molecule has 0 bridgehead atoms. The molecule has 1 aliphatic carbocycles. The molecule has 4 rings (SSSR count). The minimum absolute atomic E-state index is 0.0134. The Balaban J connectivity index is 1.60. The van der Waals surface area contributed by atoms with E-state index in [9.17, 15) is 4.79 Å². The van der Waals surface area contributed by atoms with Gasteiger partial charge in [0.05, 0.1) is 29.6 Å². The topological polar surface area (TPSA) is 93.4 Å². The van der Waals surface area contributed by atoms with E-state index in [1.54, 1.807) is 13.0 Å². The van der Waals surface area contributed by atoms with Gasteiger partial charge in [-0.3, -0.25) is 4.79 Å². The number of aromatic nitrogens is 3. The zero-order valence-electron chi connectivity index (χ0n) is 17.7. The van der Waals surface area contributed by atoms with Crippen LogP contribution in [0.15, 0.2) is 16.8 Å². The molecule has 0 saturated carbocycles. The van der Waals surface area contributed by atoms with E-state index in [1.165, 1.54) is 0 Å². The van der Waals surface area contributed by atoms with Gasteiger partial charge in [0.1, 0.15) is 0 Å². The fourth-order valence-electron chi connectivity index (χ4n) is 4.36. The SMILES string of the molecule is Cc1cc(C(=O)N[C@@H]2CC(C)(C)Cc3nc(N4C[C@H](C)O[C@@H](C)C4)ncc32)on1. The quantitative estimate of drug-likeness (QED) is 0.848. The average Bonchev–Trinajstić information content (AvgIpc) is 3.06. The van der Waals surface area contributed by atoms with Crippen molar-refractivity contribution in [1.29, 1.82) is 0 Å². The lowest BCUT2D eigenvalue weighted by molar-refractivity contribution is -0.00575. The summed E-state index contributed by atoms with van der Waals surface area (Å²) in [5.74, 6) is 0.694. The number of ether oxygens (including phenoxy) is 1. The van der Waals surface area contributed by atoms with Gasteiger partial charge in [0.25, 0.3) is 5.91 Å². The van der Waals surface area contributed by atoms with E-state index >= 15 is 0 Å². The molecule has 8 nitrogen and oxygen atoms in total. The molecule has 156 valence electrons. The lowest BCUT2D eigenvalue weighted by atomic mass is 9.74. The first kappa shape index (κ1) is 19.8. The first-order chi connectivity index (χ1) is 13.7. The molecule has 2 aromatic heterocycles. The predicted molar refractivity (Wildman–Crippen MR) is 108 cm³/mol. The standard InChI is InChI=1S/C21H29N5O3/c1-12-6-18(29-25-12)19(27)23-16-7-21(4,5)8-17-15(16)9-22-20(24-17)26-10-13(2)28-14(3)11-26/h6,9,13-14,16H,7-8,10-11H2,1-5H3,(H,23,27)/t13-,14-,16+/m0/s1. The molecule has 2 aliphatic rings. The molecule has 3 atom stereocenters. The Labute approximate surface area is 171 Å². The summed E-state index contributed by atoms with van der Waals surface area (Å²) < 4.78 is 10.9. The van der Waals surface area contributed by atoms with E-state index in [0.717, 1.165) is 43.1 Å². The highest BCUT2D eigenvalue weighted by molar-refractivity contribution is 5.91. The van der Waals surface area contributed by atoms with Gasteiger partial charge in [0.2, 0.25) is 11.7 Å². The third-order valence-electron chi connectivity index (χ3n) is 5.52. The van der Waals surface area contributed by atoms with Crippen LogP contribution in [0.4, 0.5) is 5.95 Å². The Morgan fingerprint density at radius 1 is 1.28 bits per heavy atom. The van der Waals surface area contributed by atoms with Crippen LogP contribution in [0.2, 0.25) is 0 Å². The second-order valence-electron chi connectivity index (χ2n) is 9.14. The lowest BCUT2D eigenvalue weighted by Gasteiger charge is -2.38. The summed E-state index contributed by atoms with van der Waals surface area (Å²) in [6, 6.07) is 1.48. The highest BCUT2D eigenvalue weighted by atomic mass is 16.5. The minimum Gasteiger partial charge on any atom is -0.372 e. The van der Waals surface area contributed by atoms with Gasteiger partial charge in [-0.05, 0) is 39.0 Å². The number of amides is 1. The van der Waals surface area contributed by atoms with Crippen molar-refractivity contribution < 1.29 is 14.1 Å². The van der Waals surface area contributed by atoms with E-state index in [-0.39, 0.29) is 35.3 Å². The number of rotatable bonds is 3. The molecule has 0 unspecified atom stereocenters. The largest absolute Gasteiger partial charge is 0.372 e. The van der Waals surface area contributed by atoms with E-state index in [1.807, 2.05) is 6.20 Å². The van der Waals surface area contributed by atoms with Gasteiger partial charge < -0.3 is 19.5 Å². The Morgan fingerprint density at radius 3 is 2.66 bits per heavy atom. The van der Waals surface area contributed by atoms with E-state index < -0.39 is 0 Å². The minimum atomic E-state index is -0.265. The number of carbonyl (C=O) groups is 1. The van der Waals surface area contributed by atoms with E-state index in [2.05, 4.69) is 48.1 Å². The van der Waals surface area contributed by atoms with Crippen LogP contribution < -0.4 is 10.2 Å². The molecule has 0 aromatic carbocycles. The molecule has 2 aromatic rings. The number of hydrogen-bond donors (Lipinski definition) is 1. The third-order valence-corrected chi connectivity index (χ3v) is 5.52. The molecule has 1 fully saturated rings. The number of fused-ring (bicyclic) bond motifs is 1. The summed E-state index contributed by atoms with van der Waals surface area (Å²) >= 11 is 0. The van der Waals surface area contributed by atoms with Crippen LogP contribution in [0, 0.1) is 12.3 Å². The summed E-state index contributed by atoms with van der Waals surface area (Å²) in [5.41, 5.74) is 2.67. The van der Waals surface area contributed by atoms with Gasteiger partial charge in [-0.1, -0.05) is 19.0 Å². The number of anilines is 1. The predicted octanol–water partition coefficient (Wildman–Crippen LogP) is 2.83. The number of morpholine rings is 1. The van der Waals surface area contributed by atoms with Crippen LogP contribution in [0.5, 0.6) is 0 Å². The van der Waals surface area contributed by atoms with Crippen molar-refractivity contribution in [2.45, 2.75) is 65.7 Å². The molecule has 29 heavy (non-hydrogen) atoms. The molecule has 0 radical (unpaired) electrons. The summed E-state index contributed by atoms with van der Waals surface area (Å²) in [7, 11) is 0. The summed E-state index contributed by atoms with van der Waals surface area (Å²) in [4.78, 5) is 24.4. The van der Waals surface area contributed by atoms with Gasteiger partial charge in [0, 0.05) is 30.9 Å². The molecular weight excluding hydrogens is 370 g/mol. The van der Waals surface area contributed by atoms with Gasteiger partial charge in [0.15, 0.2) is 0 Å². The molecule has 0 spiro atoms. The van der Waals surface area contributed by atoms with Crippen molar-refractivity contribution in [2.75, 3.05) is 18.0 Å². The number of hydrogen-bond acceptors (Lipinski definition) is 7. The normalized spacial score (nSPS) is 26.1. The second-order valence-corrected chi connectivity index (χ2v) is 9.14. The number of carbonyl (C=O) groups excluding carboxylic acids is 1. The summed E-state index contributed by atoms with van der Waals surface area (Å²) in [6.45, 7) is 11.9. The number of nitrogens with one attached hydrogen (secondary N) is 1. The fraction of sp³-hybridized carbons (Fsp3) is 0.619. The summed E-state index contributed by atoms with van der Waals surface area (Å²) in [5, 5.41) is 6.89. The smallest absolute Gasteiger partial charge is 0.290 e. The highest BCUT2D eigenvalue weighted by Crippen LogP contribution is 2.40. The Morgan fingerprint density at radius 2 is 2.00 bits per heavy atom. The third kappa shape index (κ3) is 4.27. The Kier molecular flexibility index (Phi) is 5.06. The van der Waals surface area contributed by atoms with Crippen LogP contribution in [0.1, 0.15) is 67.7 Å². The lowest BCUT2D eigenvalue weighted by Crippen LogP contribution is -2.46. The van der Waals surface area contributed by atoms with Gasteiger partial charge >= 0.3 is 0 Å². The first-order valence-corrected chi connectivity index (χ1v) is 10.2. The molecule has 1 aliphatic heterocycles. The molecule has 1 saturated heterocycles. The van der Waals surface area contributed by atoms with Gasteiger partial charge in [-0.25, -0.2) is 9.97 Å². The van der Waals surface area contributed by atoms with Crippen LogP contribution in [-0.4, -0.2) is 46.3 Å². The number of nitrogens with zero attached hydrogens (tertiary/aromatic N) is 4. The number of aryl methyl sites for hydroxylation is 1. The van der Waals surface area contributed by atoms with Gasteiger partial charge in [-0.15, -0.1) is 0 Å². The van der Waals surface area contributed by atoms with Crippen LogP contribution >= 0.6 is 0 Å². The second kappa shape index (κ2) is 7.40. The van der Waals surface area contributed by atoms with Crippen molar-refractivity contribution in [3.63, 3.8) is 0 Å². The molecule has 1 N–H and O–H groups in total. The maximum absolute atomic E-state index is 12.6. The van der Waals surface area contributed by atoms with Crippen molar-refractivity contribution in [1.82, 2.24) is 20.4 Å². The van der Waals surface area contributed by atoms with E-state index in [4.69, 9.17) is 14.2 Å². The van der Waals surface area contributed by atoms with Crippen LogP contribution in [-0.2, 0) is 11.2 Å². The molecule has 8 heteroatoms. The summed E-state index contributed by atoms with van der Waals surface area (Å²) in [6.07, 6.45) is 3.82. The van der Waals surface area contributed by atoms with Crippen molar-refractivity contribution >= 4 is 11.9 Å². The molecule has 1 amide bonds. The maximum atomic E-state index is 12.6. The van der Waals surface area contributed by atoms with Crippen LogP contribution in [0.25, 0.3) is 0 Å². The monoisotopic (exact) mass is 399 g/mol. The van der Waals surface area contributed by atoms with Crippen molar-refractivity contribution in [3.8, 4) is 0 Å². The highest BCUT2D eigenvalue weighted by Gasteiger charge is 2.36. The Bertz CT molecular complexity index is 899. The molecular formula is C21H29N5O3. The molecule has 3 heterocycles. The van der Waals surface area contributed by atoms with E-state index in [0.29, 0.717) is 5.69 Å².